The van der Waals surface area contributed by atoms with Crippen molar-refractivity contribution in [3.63, 3.8) is 0 Å². The fourth-order valence-electron chi connectivity index (χ4n) is 1.14. The van der Waals surface area contributed by atoms with Crippen LogP contribution < -0.4 is 4.74 Å². The zero-order valence-corrected chi connectivity index (χ0v) is 9.89. The molecule has 0 aliphatic rings. The van der Waals surface area contributed by atoms with Gasteiger partial charge in [0, 0.05) is 10.5 Å². The normalized spacial score (nSPS) is 10.1. The molecule has 0 amide bonds. The van der Waals surface area contributed by atoms with Gasteiger partial charge in [0.1, 0.15) is 5.75 Å². The van der Waals surface area contributed by atoms with E-state index in [0.29, 0.717) is 17.3 Å². The highest BCUT2D eigenvalue weighted by atomic mass is 79.9. The van der Waals surface area contributed by atoms with Gasteiger partial charge in [-0.15, -0.1) is 10.2 Å². The van der Waals surface area contributed by atoms with Gasteiger partial charge in [0.05, 0.1) is 12.3 Å². The van der Waals surface area contributed by atoms with Crippen molar-refractivity contribution in [2.45, 2.75) is 6.61 Å². The lowest BCUT2D eigenvalue weighted by Crippen LogP contribution is -1.94. The van der Waals surface area contributed by atoms with Gasteiger partial charge < -0.3 is 9.84 Å². The highest BCUT2D eigenvalue weighted by Gasteiger charge is 2.00. The quantitative estimate of drug-likeness (QED) is 0.939. The maximum absolute atomic E-state index is 8.81. The smallest absolute Gasteiger partial charge is 0.238 e. The number of rotatable bonds is 3. The van der Waals surface area contributed by atoms with Gasteiger partial charge in [0.15, 0.2) is 0 Å². The van der Waals surface area contributed by atoms with Crippen molar-refractivity contribution in [1.29, 1.82) is 0 Å². The topological polar surface area (TPSA) is 55.2 Å². The third kappa shape index (κ3) is 2.77. The summed E-state index contributed by atoms with van der Waals surface area (Å²) in [7, 11) is 0. The second-order valence-electron chi connectivity index (χ2n) is 3.08. The van der Waals surface area contributed by atoms with Crippen LogP contribution in [0, 0.1) is 0 Å². The Bertz CT molecular complexity index is 474. The molecule has 82 valence electrons. The number of aromatic nitrogens is 2. The van der Waals surface area contributed by atoms with Gasteiger partial charge in [0.25, 0.3) is 0 Å². The van der Waals surface area contributed by atoms with Gasteiger partial charge >= 0.3 is 0 Å². The lowest BCUT2D eigenvalue weighted by molar-refractivity contribution is 0.274. The van der Waals surface area contributed by atoms with E-state index >= 15 is 0 Å². The van der Waals surface area contributed by atoms with Gasteiger partial charge in [-0.3, -0.25) is 0 Å². The molecule has 1 heterocycles. The number of ether oxygens (including phenoxy) is 1. The molecule has 0 fully saturated rings. The molecule has 0 aliphatic heterocycles. The van der Waals surface area contributed by atoms with Gasteiger partial charge in [-0.2, -0.15) is 0 Å². The summed E-state index contributed by atoms with van der Waals surface area (Å²) in [6.07, 6.45) is 0. The Labute approximate surface area is 101 Å². The SMILES string of the molecule is OCc1ccc(Oc2cccc(Br)c2)nn1. The maximum atomic E-state index is 8.81. The van der Waals surface area contributed by atoms with Gasteiger partial charge in [-0.1, -0.05) is 22.0 Å². The Balaban J connectivity index is 2.14. The average molecular weight is 281 g/mol. The molecule has 0 bridgehead atoms. The maximum Gasteiger partial charge on any atom is 0.238 e. The van der Waals surface area contributed by atoms with Crippen LogP contribution in [0.15, 0.2) is 40.9 Å². The van der Waals surface area contributed by atoms with Crippen LogP contribution >= 0.6 is 15.9 Å². The molecule has 0 saturated carbocycles. The van der Waals surface area contributed by atoms with E-state index in [1.54, 1.807) is 12.1 Å². The summed E-state index contributed by atoms with van der Waals surface area (Å²) in [6, 6.07) is 10.8. The van der Waals surface area contributed by atoms with E-state index < -0.39 is 0 Å². The minimum absolute atomic E-state index is 0.121. The monoisotopic (exact) mass is 280 g/mol. The number of hydrogen-bond donors (Lipinski definition) is 1. The Morgan fingerprint density at radius 1 is 1.19 bits per heavy atom. The van der Waals surface area contributed by atoms with Crippen molar-refractivity contribution in [3.8, 4) is 11.6 Å². The van der Waals surface area contributed by atoms with Crippen LogP contribution in [0.4, 0.5) is 0 Å². The van der Waals surface area contributed by atoms with E-state index in [2.05, 4.69) is 26.1 Å². The fraction of sp³-hybridized carbons (Fsp3) is 0.0909. The predicted molar refractivity (Wildman–Crippen MR) is 62.2 cm³/mol. The molecular weight excluding hydrogens is 272 g/mol. The third-order valence-corrected chi connectivity index (χ3v) is 2.37. The number of nitrogens with zero attached hydrogens (tertiary/aromatic N) is 2. The number of benzene rings is 1. The van der Waals surface area contributed by atoms with Crippen LogP contribution in [0.25, 0.3) is 0 Å². The van der Waals surface area contributed by atoms with Gasteiger partial charge in [-0.25, -0.2) is 0 Å². The van der Waals surface area contributed by atoms with E-state index in [0.717, 1.165) is 4.47 Å². The highest BCUT2D eigenvalue weighted by Crippen LogP contribution is 2.22. The summed E-state index contributed by atoms with van der Waals surface area (Å²) >= 11 is 3.35. The van der Waals surface area contributed by atoms with Crippen molar-refractivity contribution >= 4 is 15.9 Å². The van der Waals surface area contributed by atoms with E-state index in [1.165, 1.54) is 0 Å². The van der Waals surface area contributed by atoms with E-state index in [1.807, 2.05) is 24.3 Å². The summed E-state index contributed by atoms with van der Waals surface area (Å²) < 4.78 is 6.41. The second kappa shape index (κ2) is 5.05. The largest absolute Gasteiger partial charge is 0.437 e. The number of hydrogen-bond acceptors (Lipinski definition) is 4. The van der Waals surface area contributed by atoms with Crippen LogP contribution in [-0.2, 0) is 6.61 Å². The Morgan fingerprint density at radius 3 is 2.69 bits per heavy atom. The molecule has 0 atom stereocenters. The first kappa shape index (κ1) is 11.0. The number of aliphatic hydroxyl groups excluding tert-OH is 1. The highest BCUT2D eigenvalue weighted by molar-refractivity contribution is 9.10. The first-order valence-corrected chi connectivity index (χ1v) is 5.44. The summed E-state index contributed by atoms with van der Waals surface area (Å²) in [6.45, 7) is -0.121. The fourth-order valence-corrected chi connectivity index (χ4v) is 1.52. The second-order valence-corrected chi connectivity index (χ2v) is 4.00. The lowest BCUT2D eigenvalue weighted by atomic mass is 10.3. The first-order chi connectivity index (χ1) is 7.78. The summed E-state index contributed by atoms with van der Waals surface area (Å²) in [5.41, 5.74) is 0.515. The molecule has 0 aliphatic carbocycles. The molecule has 0 radical (unpaired) electrons. The predicted octanol–water partition coefficient (Wildman–Crippen LogP) is 2.52. The molecular formula is C11H9BrN2O2. The molecule has 2 rings (SSSR count). The van der Waals surface area contributed by atoms with Crippen molar-refractivity contribution in [1.82, 2.24) is 10.2 Å². The molecule has 0 unspecified atom stereocenters. The van der Waals surface area contributed by atoms with E-state index in [-0.39, 0.29) is 6.61 Å². The standard InChI is InChI=1S/C11H9BrN2O2/c12-8-2-1-3-10(6-8)16-11-5-4-9(7-15)13-14-11/h1-6,15H,7H2. The Morgan fingerprint density at radius 2 is 2.06 bits per heavy atom. The van der Waals surface area contributed by atoms with Gasteiger partial charge in [-0.05, 0) is 24.3 Å². The summed E-state index contributed by atoms with van der Waals surface area (Å²) in [5.74, 6) is 1.08. The molecule has 1 N–H and O–H groups in total. The van der Waals surface area contributed by atoms with Crippen molar-refractivity contribution in [2.24, 2.45) is 0 Å². The number of halogens is 1. The Kier molecular flexibility index (Phi) is 3.48. The van der Waals surface area contributed by atoms with Crippen molar-refractivity contribution in [2.75, 3.05) is 0 Å². The number of aliphatic hydroxyl groups is 1. The van der Waals surface area contributed by atoms with Crippen LogP contribution in [0.1, 0.15) is 5.69 Å². The summed E-state index contributed by atoms with van der Waals surface area (Å²) in [4.78, 5) is 0. The van der Waals surface area contributed by atoms with E-state index in [4.69, 9.17) is 9.84 Å². The molecule has 5 heteroatoms. The molecule has 4 nitrogen and oxygen atoms in total. The van der Waals surface area contributed by atoms with E-state index in [9.17, 15) is 0 Å². The van der Waals surface area contributed by atoms with Crippen LogP contribution in [0.5, 0.6) is 11.6 Å². The minimum atomic E-state index is -0.121. The molecule has 1 aromatic heterocycles. The average Bonchev–Trinajstić information content (AvgIpc) is 2.30. The molecule has 1 aromatic carbocycles. The lowest BCUT2D eigenvalue weighted by Gasteiger charge is -2.04. The van der Waals surface area contributed by atoms with Crippen LogP contribution in [0.3, 0.4) is 0 Å². The zero-order valence-electron chi connectivity index (χ0n) is 8.30. The molecule has 16 heavy (non-hydrogen) atoms. The summed E-state index contributed by atoms with van der Waals surface area (Å²) in [5, 5.41) is 16.4. The van der Waals surface area contributed by atoms with Crippen LogP contribution in [-0.4, -0.2) is 15.3 Å². The van der Waals surface area contributed by atoms with Crippen molar-refractivity contribution in [3.05, 3.63) is 46.6 Å². The molecule has 0 saturated heterocycles. The van der Waals surface area contributed by atoms with Crippen molar-refractivity contribution < 1.29 is 9.84 Å². The zero-order chi connectivity index (χ0) is 11.4. The third-order valence-electron chi connectivity index (χ3n) is 1.88. The first-order valence-electron chi connectivity index (χ1n) is 4.65. The van der Waals surface area contributed by atoms with Crippen LogP contribution in [0.2, 0.25) is 0 Å². The Hall–Kier alpha value is -1.46. The molecule has 0 spiro atoms. The molecule has 2 aromatic rings. The minimum Gasteiger partial charge on any atom is -0.437 e. The van der Waals surface area contributed by atoms with Gasteiger partial charge in [0.2, 0.25) is 5.88 Å².